The molecule has 0 aliphatic heterocycles. The number of carbonyl (C=O) groups is 1. The SMILES string of the molecule is C1=Cc2cccc3cccc(c23)C1.N[C@@H](CO)C(=O)O. The lowest BCUT2D eigenvalue weighted by Gasteiger charge is -2.11. The Hall–Kier alpha value is -2.17. The average Bonchev–Trinajstić information content (AvgIpc) is 2.48. The molecule has 1 atom stereocenters. The molecule has 0 bridgehead atoms. The van der Waals surface area contributed by atoms with Crippen LogP contribution in [0.25, 0.3) is 16.8 Å². The van der Waals surface area contributed by atoms with Crippen molar-refractivity contribution < 1.29 is 15.0 Å². The topological polar surface area (TPSA) is 83.5 Å². The molecule has 20 heavy (non-hydrogen) atoms. The van der Waals surface area contributed by atoms with E-state index >= 15 is 0 Å². The summed E-state index contributed by atoms with van der Waals surface area (Å²) in [7, 11) is 0. The molecule has 0 spiro atoms. The molecule has 1 aliphatic carbocycles. The van der Waals surface area contributed by atoms with Gasteiger partial charge in [0.05, 0.1) is 6.61 Å². The van der Waals surface area contributed by atoms with Crippen LogP contribution in [0.5, 0.6) is 0 Å². The third kappa shape index (κ3) is 3.04. The van der Waals surface area contributed by atoms with Crippen molar-refractivity contribution in [1.29, 1.82) is 0 Å². The Balaban J connectivity index is 0.000000182. The summed E-state index contributed by atoms with van der Waals surface area (Å²) in [5.41, 5.74) is 7.58. The van der Waals surface area contributed by atoms with E-state index in [0.29, 0.717) is 0 Å². The zero-order valence-electron chi connectivity index (χ0n) is 11.0. The Labute approximate surface area is 117 Å². The zero-order chi connectivity index (χ0) is 14.5. The van der Waals surface area contributed by atoms with Crippen molar-refractivity contribution >= 4 is 22.8 Å². The van der Waals surface area contributed by atoms with E-state index in [9.17, 15) is 4.79 Å². The number of aliphatic carboxylic acids is 1. The molecule has 0 heterocycles. The molecule has 0 saturated carbocycles. The lowest BCUT2D eigenvalue weighted by molar-refractivity contribution is -0.139. The van der Waals surface area contributed by atoms with E-state index in [0.717, 1.165) is 6.42 Å². The maximum absolute atomic E-state index is 9.65. The Bertz CT molecular complexity index is 644. The van der Waals surface area contributed by atoms with Crippen LogP contribution in [0.15, 0.2) is 42.5 Å². The van der Waals surface area contributed by atoms with E-state index in [1.54, 1.807) is 0 Å². The van der Waals surface area contributed by atoms with Crippen LogP contribution >= 0.6 is 0 Å². The molecular formula is C16H17NO3. The van der Waals surface area contributed by atoms with Crippen LogP contribution in [0.3, 0.4) is 0 Å². The van der Waals surface area contributed by atoms with E-state index in [2.05, 4.69) is 48.6 Å². The first-order valence-corrected chi connectivity index (χ1v) is 6.40. The van der Waals surface area contributed by atoms with Crippen LogP contribution in [0.2, 0.25) is 0 Å². The predicted molar refractivity (Wildman–Crippen MR) is 79.4 cm³/mol. The third-order valence-corrected chi connectivity index (χ3v) is 3.17. The van der Waals surface area contributed by atoms with Crippen molar-refractivity contribution in [2.45, 2.75) is 12.5 Å². The summed E-state index contributed by atoms with van der Waals surface area (Å²) in [6, 6.07) is 11.9. The van der Waals surface area contributed by atoms with Gasteiger partial charge in [0.1, 0.15) is 6.04 Å². The normalized spacial score (nSPS) is 13.5. The second kappa shape index (κ2) is 6.32. The molecule has 0 amide bonds. The Morgan fingerprint density at radius 3 is 2.55 bits per heavy atom. The molecular weight excluding hydrogens is 254 g/mol. The highest BCUT2D eigenvalue weighted by atomic mass is 16.4. The number of rotatable bonds is 2. The number of carboxylic acids is 1. The van der Waals surface area contributed by atoms with Crippen molar-refractivity contribution in [2.24, 2.45) is 5.73 Å². The van der Waals surface area contributed by atoms with Gasteiger partial charge in [-0.2, -0.15) is 0 Å². The molecule has 2 aromatic rings. The summed E-state index contributed by atoms with van der Waals surface area (Å²) in [5, 5.41) is 18.7. The van der Waals surface area contributed by atoms with Crippen molar-refractivity contribution in [2.75, 3.05) is 6.61 Å². The summed E-state index contributed by atoms with van der Waals surface area (Å²) in [6.07, 6.45) is 5.53. The molecule has 0 saturated heterocycles. The smallest absolute Gasteiger partial charge is 0.322 e. The first-order chi connectivity index (χ1) is 9.63. The lowest BCUT2D eigenvalue weighted by Crippen LogP contribution is -2.33. The minimum Gasteiger partial charge on any atom is -0.480 e. The standard InChI is InChI=1S/C13H10.C3H7NO3/c1-4-10-6-2-8-12-9-3-7-11(5-1)13(10)12;4-2(1-5)3(6)7/h1-8H,9H2;2,5H,1,4H2,(H,6,7)/t;2-/m.0/s1. The van der Waals surface area contributed by atoms with E-state index in [4.69, 9.17) is 15.9 Å². The number of hydrogen-bond acceptors (Lipinski definition) is 3. The van der Waals surface area contributed by atoms with Gasteiger partial charge in [0.15, 0.2) is 0 Å². The number of hydrogen-bond donors (Lipinski definition) is 3. The molecule has 0 fully saturated rings. The quantitative estimate of drug-likeness (QED) is 0.777. The van der Waals surface area contributed by atoms with Gasteiger partial charge in [-0.25, -0.2) is 0 Å². The lowest BCUT2D eigenvalue weighted by atomic mass is 9.93. The number of aliphatic hydroxyl groups is 1. The average molecular weight is 271 g/mol. The number of carboxylic acid groups (broad SMARTS) is 1. The van der Waals surface area contributed by atoms with E-state index in [1.165, 1.54) is 21.9 Å². The minimum absolute atomic E-state index is 0.505. The van der Waals surface area contributed by atoms with Gasteiger partial charge in [0.25, 0.3) is 0 Å². The van der Waals surface area contributed by atoms with Crippen LogP contribution in [-0.2, 0) is 11.2 Å². The largest absolute Gasteiger partial charge is 0.480 e. The Kier molecular flexibility index (Phi) is 4.50. The summed E-state index contributed by atoms with van der Waals surface area (Å²) < 4.78 is 0. The molecule has 3 rings (SSSR count). The van der Waals surface area contributed by atoms with Crippen LogP contribution < -0.4 is 5.73 Å². The van der Waals surface area contributed by atoms with Crippen molar-refractivity contribution in [3.63, 3.8) is 0 Å². The Morgan fingerprint density at radius 2 is 1.95 bits per heavy atom. The fourth-order valence-electron chi connectivity index (χ4n) is 2.15. The highest BCUT2D eigenvalue weighted by molar-refractivity contribution is 5.94. The van der Waals surface area contributed by atoms with Crippen molar-refractivity contribution in [1.82, 2.24) is 0 Å². The van der Waals surface area contributed by atoms with Crippen molar-refractivity contribution in [3.8, 4) is 0 Å². The van der Waals surface area contributed by atoms with E-state index < -0.39 is 18.6 Å². The van der Waals surface area contributed by atoms with Crippen LogP contribution in [0.4, 0.5) is 0 Å². The summed E-state index contributed by atoms with van der Waals surface area (Å²) in [4.78, 5) is 9.65. The number of benzene rings is 2. The van der Waals surface area contributed by atoms with Gasteiger partial charge in [-0.05, 0) is 28.3 Å². The second-order valence-corrected chi connectivity index (χ2v) is 4.60. The summed E-state index contributed by atoms with van der Waals surface area (Å²) in [6.45, 7) is -0.505. The number of allylic oxidation sites excluding steroid dienone is 1. The molecule has 104 valence electrons. The van der Waals surface area contributed by atoms with Gasteiger partial charge >= 0.3 is 5.97 Å². The van der Waals surface area contributed by atoms with Gasteiger partial charge in [0, 0.05) is 0 Å². The first-order valence-electron chi connectivity index (χ1n) is 6.40. The maximum Gasteiger partial charge on any atom is 0.322 e. The third-order valence-electron chi connectivity index (χ3n) is 3.17. The first kappa shape index (κ1) is 14.2. The van der Waals surface area contributed by atoms with E-state index in [-0.39, 0.29) is 0 Å². The highest BCUT2D eigenvalue weighted by Crippen LogP contribution is 2.27. The molecule has 0 aromatic heterocycles. The number of aliphatic hydroxyl groups excluding tert-OH is 1. The van der Waals surface area contributed by atoms with Crippen LogP contribution in [0.1, 0.15) is 11.1 Å². The van der Waals surface area contributed by atoms with Gasteiger partial charge in [-0.15, -0.1) is 0 Å². The molecule has 4 heteroatoms. The molecule has 2 aromatic carbocycles. The molecule has 4 N–H and O–H groups in total. The molecule has 0 radical (unpaired) electrons. The zero-order valence-corrected chi connectivity index (χ0v) is 11.0. The monoisotopic (exact) mass is 271 g/mol. The van der Waals surface area contributed by atoms with E-state index in [1.807, 2.05) is 0 Å². The Morgan fingerprint density at radius 1 is 1.25 bits per heavy atom. The van der Waals surface area contributed by atoms with Gasteiger partial charge in [0.2, 0.25) is 0 Å². The summed E-state index contributed by atoms with van der Waals surface area (Å²) >= 11 is 0. The molecule has 1 aliphatic rings. The van der Waals surface area contributed by atoms with Crippen LogP contribution in [0, 0.1) is 0 Å². The highest BCUT2D eigenvalue weighted by Gasteiger charge is 2.07. The van der Waals surface area contributed by atoms with Crippen LogP contribution in [-0.4, -0.2) is 28.8 Å². The van der Waals surface area contributed by atoms with Gasteiger partial charge < -0.3 is 15.9 Å². The minimum atomic E-state index is -1.18. The fraction of sp³-hybridized carbons (Fsp3) is 0.188. The molecule has 0 unspecified atom stereocenters. The van der Waals surface area contributed by atoms with Crippen molar-refractivity contribution in [3.05, 3.63) is 53.6 Å². The summed E-state index contributed by atoms with van der Waals surface area (Å²) in [5.74, 6) is -1.18. The second-order valence-electron chi connectivity index (χ2n) is 4.60. The fourth-order valence-corrected chi connectivity index (χ4v) is 2.15. The molecule has 4 nitrogen and oxygen atoms in total. The maximum atomic E-state index is 9.65. The number of nitrogens with two attached hydrogens (primary N) is 1. The predicted octanol–water partition coefficient (Wildman–Crippen LogP) is 1.80. The van der Waals surface area contributed by atoms with Gasteiger partial charge in [-0.1, -0.05) is 48.6 Å². The van der Waals surface area contributed by atoms with Gasteiger partial charge in [-0.3, -0.25) is 4.79 Å².